The van der Waals surface area contributed by atoms with Crippen molar-refractivity contribution < 1.29 is 9.53 Å². The number of carbonyl (C=O) groups is 1. The van der Waals surface area contributed by atoms with Gasteiger partial charge < -0.3 is 15.8 Å². The van der Waals surface area contributed by atoms with Gasteiger partial charge >= 0.3 is 0 Å². The van der Waals surface area contributed by atoms with Crippen molar-refractivity contribution in [1.82, 2.24) is 5.32 Å². The van der Waals surface area contributed by atoms with Crippen LogP contribution in [0.3, 0.4) is 0 Å². The summed E-state index contributed by atoms with van der Waals surface area (Å²) in [7, 11) is 0. The van der Waals surface area contributed by atoms with Crippen LogP contribution >= 0.6 is 12.4 Å². The molecule has 4 nitrogen and oxygen atoms in total. The van der Waals surface area contributed by atoms with Gasteiger partial charge in [0, 0.05) is 13.2 Å². The second-order valence-electron chi connectivity index (χ2n) is 5.02. The predicted molar refractivity (Wildman–Crippen MR) is 69.2 cm³/mol. The molecule has 0 spiro atoms. The first-order chi connectivity index (χ1) is 7.71. The summed E-state index contributed by atoms with van der Waals surface area (Å²) in [4.78, 5) is 12.0. The van der Waals surface area contributed by atoms with E-state index in [4.69, 9.17) is 10.5 Å². The Kier molecular flexibility index (Phi) is 5.22. The van der Waals surface area contributed by atoms with Gasteiger partial charge in [-0.05, 0) is 26.2 Å². The SMILES string of the molecule is CCOC1CC1C(=O)NC1(CN)CCCC1.Cl. The normalized spacial score (nSPS) is 29.5. The van der Waals surface area contributed by atoms with Crippen molar-refractivity contribution >= 4 is 18.3 Å². The lowest BCUT2D eigenvalue weighted by molar-refractivity contribution is -0.125. The van der Waals surface area contributed by atoms with Gasteiger partial charge in [-0.1, -0.05) is 12.8 Å². The van der Waals surface area contributed by atoms with Crippen LogP contribution in [0.1, 0.15) is 39.0 Å². The zero-order chi connectivity index (χ0) is 11.6. The Morgan fingerprint density at radius 1 is 1.47 bits per heavy atom. The van der Waals surface area contributed by atoms with E-state index in [2.05, 4.69) is 5.32 Å². The molecular formula is C12H23ClN2O2. The molecule has 2 aliphatic carbocycles. The molecule has 2 fully saturated rings. The van der Waals surface area contributed by atoms with E-state index in [1.165, 1.54) is 12.8 Å². The van der Waals surface area contributed by atoms with E-state index in [9.17, 15) is 4.79 Å². The summed E-state index contributed by atoms with van der Waals surface area (Å²) < 4.78 is 5.43. The lowest BCUT2D eigenvalue weighted by Crippen LogP contribution is -2.52. The maximum absolute atomic E-state index is 12.0. The van der Waals surface area contributed by atoms with Crippen molar-refractivity contribution in [1.29, 1.82) is 0 Å². The largest absolute Gasteiger partial charge is 0.378 e. The van der Waals surface area contributed by atoms with Gasteiger partial charge in [0.15, 0.2) is 0 Å². The number of hydrogen-bond acceptors (Lipinski definition) is 3. The lowest BCUT2D eigenvalue weighted by Gasteiger charge is -2.28. The van der Waals surface area contributed by atoms with Crippen molar-refractivity contribution in [3.05, 3.63) is 0 Å². The van der Waals surface area contributed by atoms with Crippen LogP contribution in [-0.2, 0) is 9.53 Å². The topological polar surface area (TPSA) is 64.3 Å². The summed E-state index contributed by atoms with van der Waals surface area (Å²) in [6.45, 7) is 3.22. The van der Waals surface area contributed by atoms with E-state index in [0.29, 0.717) is 13.2 Å². The third kappa shape index (κ3) is 3.33. The minimum Gasteiger partial charge on any atom is -0.378 e. The maximum atomic E-state index is 12.0. The number of hydrogen-bond donors (Lipinski definition) is 2. The zero-order valence-corrected chi connectivity index (χ0v) is 11.2. The van der Waals surface area contributed by atoms with Gasteiger partial charge in [-0.3, -0.25) is 4.79 Å². The molecule has 0 saturated heterocycles. The summed E-state index contributed by atoms with van der Waals surface area (Å²) in [6.07, 6.45) is 5.44. The van der Waals surface area contributed by atoms with Gasteiger partial charge in [0.05, 0.1) is 17.6 Å². The minimum atomic E-state index is -0.115. The molecule has 0 bridgehead atoms. The number of ether oxygens (including phenoxy) is 1. The first kappa shape index (κ1) is 14.7. The van der Waals surface area contributed by atoms with Crippen LogP contribution in [0.25, 0.3) is 0 Å². The van der Waals surface area contributed by atoms with Crippen LogP contribution in [0.4, 0.5) is 0 Å². The van der Waals surface area contributed by atoms with Crippen LogP contribution in [0, 0.1) is 5.92 Å². The Balaban J connectivity index is 0.00000144. The molecule has 3 N–H and O–H groups in total. The minimum absolute atomic E-state index is 0. The van der Waals surface area contributed by atoms with E-state index in [0.717, 1.165) is 19.3 Å². The van der Waals surface area contributed by atoms with Gasteiger partial charge in [-0.15, -0.1) is 12.4 Å². The summed E-state index contributed by atoms with van der Waals surface area (Å²) >= 11 is 0. The molecule has 2 saturated carbocycles. The summed E-state index contributed by atoms with van der Waals surface area (Å²) in [5, 5.41) is 3.15. The molecule has 0 aromatic carbocycles. The number of nitrogens with two attached hydrogens (primary N) is 1. The third-order valence-electron chi connectivity index (χ3n) is 3.79. The molecular weight excluding hydrogens is 240 g/mol. The molecule has 0 aromatic heterocycles. The Morgan fingerprint density at radius 2 is 2.12 bits per heavy atom. The monoisotopic (exact) mass is 262 g/mol. The highest BCUT2D eigenvalue weighted by Gasteiger charge is 2.46. The fourth-order valence-corrected chi connectivity index (χ4v) is 2.63. The molecule has 17 heavy (non-hydrogen) atoms. The highest BCUT2D eigenvalue weighted by Crippen LogP contribution is 2.36. The standard InChI is InChI=1S/C12H22N2O2.ClH/c1-2-16-10-7-9(10)11(15)14-12(8-13)5-3-4-6-12;/h9-10H,2-8,13H2,1H3,(H,14,15);1H. The fraction of sp³-hybridized carbons (Fsp3) is 0.917. The van der Waals surface area contributed by atoms with Crippen LogP contribution in [0.2, 0.25) is 0 Å². The number of halogens is 1. The van der Waals surface area contributed by atoms with Crippen LogP contribution in [0.5, 0.6) is 0 Å². The molecule has 2 unspecified atom stereocenters. The molecule has 100 valence electrons. The first-order valence-electron chi connectivity index (χ1n) is 6.34. The van der Waals surface area contributed by atoms with Crippen molar-refractivity contribution in [3.8, 4) is 0 Å². The van der Waals surface area contributed by atoms with E-state index >= 15 is 0 Å². The van der Waals surface area contributed by atoms with Gasteiger partial charge in [0.2, 0.25) is 5.91 Å². The van der Waals surface area contributed by atoms with Crippen molar-refractivity contribution in [2.45, 2.75) is 50.7 Å². The van der Waals surface area contributed by atoms with Crippen molar-refractivity contribution in [2.75, 3.05) is 13.2 Å². The second-order valence-corrected chi connectivity index (χ2v) is 5.02. The Morgan fingerprint density at radius 3 is 2.65 bits per heavy atom. The van der Waals surface area contributed by atoms with Gasteiger partial charge in [-0.2, -0.15) is 0 Å². The molecule has 0 aromatic rings. The summed E-state index contributed by atoms with van der Waals surface area (Å²) in [6, 6.07) is 0. The summed E-state index contributed by atoms with van der Waals surface area (Å²) in [5.74, 6) is 0.217. The fourth-order valence-electron chi connectivity index (χ4n) is 2.63. The molecule has 0 heterocycles. The Bertz CT molecular complexity index is 267. The Labute approximate surface area is 109 Å². The van der Waals surface area contributed by atoms with E-state index in [1.54, 1.807) is 0 Å². The van der Waals surface area contributed by atoms with Crippen molar-refractivity contribution in [3.63, 3.8) is 0 Å². The zero-order valence-electron chi connectivity index (χ0n) is 10.4. The third-order valence-corrected chi connectivity index (χ3v) is 3.79. The van der Waals surface area contributed by atoms with Crippen LogP contribution in [-0.4, -0.2) is 30.7 Å². The quantitative estimate of drug-likeness (QED) is 0.783. The first-order valence-corrected chi connectivity index (χ1v) is 6.34. The second kappa shape index (κ2) is 6.03. The average Bonchev–Trinajstić information content (AvgIpc) is 2.89. The molecule has 2 atom stereocenters. The van der Waals surface area contributed by atoms with Gasteiger partial charge in [-0.25, -0.2) is 0 Å². The predicted octanol–water partition coefficient (Wildman–Crippen LogP) is 1.22. The van der Waals surface area contributed by atoms with Gasteiger partial charge in [0.25, 0.3) is 0 Å². The number of amides is 1. The van der Waals surface area contributed by atoms with Crippen LogP contribution in [0.15, 0.2) is 0 Å². The van der Waals surface area contributed by atoms with E-state index < -0.39 is 0 Å². The lowest BCUT2D eigenvalue weighted by atomic mass is 9.97. The van der Waals surface area contributed by atoms with E-state index in [1.807, 2.05) is 6.92 Å². The number of rotatable bonds is 5. The average molecular weight is 263 g/mol. The molecule has 1 amide bonds. The summed E-state index contributed by atoms with van der Waals surface area (Å²) in [5.41, 5.74) is 5.67. The molecule has 0 radical (unpaired) electrons. The highest BCUT2D eigenvalue weighted by molar-refractivity contribution is 5.85. The van der Waals surface area contributed by atoms with Crippen molar-refractivity contribution in [2.24, 2.45) is 11.7 Å². The number of nitrogens with one attached hydrogen (secondary N) is 1. The molecule has 2 aliphatic rings. The molecule has 5 heteroatoms. The smallest absolute Gasteiger partial charge is 0.226 e. The molecule has 2 rings (SSSR count). The van der Waals surface area contributed by atoms with Gasteiger partial charge in [0.1, 0.15) is 0 Å². The number of carbonyl (C=O) groups excluding carboxylic acids is 1. The Hall–Kier alpha value is -0.320. The maximum Gasteiger partial charge on any atom is 0.226 e. The van der Waals surface area contributed by atoms with Crippen LogP contribution < -0.4 is 11.1 Å². The van der Waals surface area contributed by atoms with E-state index in [-0.39, 0.29) is 35.9 Å². The molecule has 0 aliphatic heterocycles. The highest BCUT2D eigenvalue weighted by atomic mass is 35.5.